The number of para-hydroxylation sites is 1. The lowest BCUT2D eigenvalue weighted by atomic mass is 9.90. The van der Waals surface area contributed by atoms with E-state index in [-0.39, 0.29) is 11.7 Å². The number of hydrogen-bond acceptors (Lipinski definition) is 4. The van der Waals surface area contributed by atoms with Crippen molar-refractivity contribution in [3.8, 4) is 0 Å². The van der Waals surface area contributed by atoms with Crippen LogP contribution in [-0.4, -0.2) is 17.9 Å². The van der Waals surface area contributed by atoms with Gasteiger partial charge in [0, 0.05) is 5.02 Å². The van der Waals surface area contributed by atoms with Gasteiger partial charge in [0.2, 0.25) is 5.91 Å². The third-order valence-electron chi connectivity index (χ3n) is 5.42. The molecule has 0 unspecified atom stereocenters. The van der Waals surface area contributed by atoms with Crippen LogP contribution in [0.4, 0.5) is 15.8 Å². The highest BCUT2D eigenvalue weighted by molar-refractivity contribution is 6.30. The van der Waals surface area contributed by atoms with Crippen LogP contribution in [0.2, 0.25) is 5.02 Å². The molecule has 2 fully saturated rings. The second-order valence-corrected chi connectivity index (χ2v) is 7.63. The first-order valence-corrected chi connectivity index (χ1v) is 9.82. The van der Waals surface area contributed by atoms with Gasteiger partial charge in [0.15, 0.2) is 6.10 Å². The summed E-state index contributed by atoms with van der Waals surface area (Å²) in [7, 11) is 0. The highest BCUT2D eigenvalue weighted by Gasteiger charge is 2.60. The molecule has 2 aliphatic heterocycles. The summed E-state index contributed by atoms with van der Waals surface area (Å²) in [6, 6.07) is 21.0. The molecule has 3 aromatic carbocycles. The van der Waals surface area contributed by atoms with Gasteiger partial charge in [0.1, 0.15) is 11.7 Å². The van der Waals surface area contributed by atoms with Crippen LogP contribution in [0.25, 0.3) is 0 Å². The summed E-state index contributed by atoms with van der Waals surface area (Å²) in [5, 5.41) is 2.11. The first-order valence-electron chi connectivity index (χ1n) is 9.44. The predicted molar refractivity (Wildman–Crippen MR) is 110 cm³/mol. The Morgan fingerprint density at radius 2 is 1.47 bits per heavy atom. The Morgan fingerprint density at radius 1 is 0.800 bits per heavy atom. The van der Waals surface area contributed by atoms with Crippen LogP contribution in [0.3, 0.4) is 0 Å². The number of halogens is 2. The maximum absolute atomic E-state index is 13.5. The summed E-state index contributed by atoms with van der Waals surface area (Å²) in [5.74, 6) is -1.91. The number of carbonyl (C=O) groups excluding carboxylic acids is 2. The quantitative estimate of drug-likeness (QED) is 0.582. The van der Waals surface area contributed by atoms with Crippen LogP contribution in [0.15, 0.2) is 78.9 Å². The minimum atomic E-state index is -0.969. The van der Waals surface area contributed by atoms with E-state index in [1.165, 1.54) is 17.0 Å². The van der Waals surface area contributed by atoms with Crippen molar-refractivity contribution < 1.29 is 18.8 Å². The number of benzene rings is 3. The van der Waals surface area contributed by atoms with Crippen LogP contribution in [-0.2, 0) is 14.4 Å². The Bertz CT molecular complexity index is 1110. The number of fused-ring (bicyclic) bond motifs is 1. The number of anilines is 2. The summed E-state index contributed by atoms with van der Waals surface area (Å²) in [6.45, 7) is 0. The van der Waals surface area contributed by atoms with Crippen LogP contribution in [0, 0.1) is 11.7 Å². The Morgan fingerprint density at radius 3 is 2.13 bits per heavy atom. The smallest absolute Gasteiger partial charge is 0.266 e. The summed E-state index contributed by atoms with van der Waals surface area (Å²) in [5.41, 5.74) is 1.83. The van der Waals surface area contributed by atoms with Gasteiger partial charge in [-0.1, -0.05) is 41.9 Å². The van der Waals surface area contributed by atoms with Gasteiger partial charge in [0.05, 0.1) is 17.4 Å². The lowest BCUT2D eigenvalue weighted by Crippen LogP contribution is -2.37. The molecule has 3 aromatic rings. The minimum Gasteiger partial charge on any atom is -0.273 e. The van der Waals surface area contributed by atoms with E-state index in [2.05, 4.69) is 0 Å². The third kappa shape index (κ3) is 2.96. The SMILES string of the molecule is O=C1[C@H]2[C@H](ON(c3ccc(Cl)cc3)[C@H]2c2ccc(F)cc2)C(=O)N1c1ccccc1. The maximum Gasteiger partial charge on any atom is 0.266 e. The molecule has 0 aliphatic carbocycles. The number of carbonyl (C=O) groups is 2. The van der Waals surface area contributed by atoms with Gasteiger partial charge in [-0.2, -0.15) is 0 Å². The van der Waals surface area contributed by atoms with Gasteiger partial charge in [-0.3, -0.25) is 14.4 Å². The molecule has 30 heavy (non-hydrogen) atoms. The molecule has 2 saturated heterocycles. The first-order chi connectivity index (χ1) is 14.5. The number of hydroxylamine groups is 1. The second-order valence-electron chi connectivity index (χ2n) is 7.20. The van der Waals surface area contributed by atoms with Crippen molar-refractivity contribution >= 4 is 34.8 Å². The predicted octanol–water partition coefficient (Wildman–Crippen LogP) is 4.53. The summed E-state index contributed by atoms with van der Waals surface area (Å²) < 4.78 is 13.5. The van der Waals surface area contributed by atoms with E-state index in [1.54, 1.807) is 65.7 Å². The summed E-state index contributed by atoms with van der Waals surface area (Å²) in [4.78, 5) is 33.7. The molecular weight excluding hydrogens is 407 g/mol. The number of rotatable bonds is 3. The fourth-order valence-electron chi connectivity index (χ4n) is 4.06. The van der Waals surface area contributed by atoms with E-state index in [9.17, 15) is 14.0 Å². The molecule has 5 rings (SSSR count). The Labute approximate surface area is 177 Å². The molecule has 0 saturated carbocycles. The molecule has 2 amide bonds. The average Bonchev–Trinajstić information content (AvgIpc) is 3.26. The average molecular weight is 423 g/mol. The van der Waals surface area contributed by atoms with Crippen molar-refractivity contribution in [2.24, 2.45) is 5.92 Å². The normalized spacial score (nSPS) is 23.2. The molecule has 3 atom stereocenters. The van der Waals surface area contributed by atoms with E-state index < -0.39 is 24.0 Å². The highest BCUT2D eigenvalue weighted by atomic mass is 35.5. The molecular formula is C23H16ClFN2O3. The number of nitrogens with zero attached hydrogens (tertiary/aromatic N) is 2. The van der Waals surface area contributed by atoms with E-state index in [0.717, 1.165) is 0 Å². The fourth-order valence-corrected chi connectivity index (χ4v) is 4.18. The molecule has 2 aliphatic rings. The number of hydrogen-bond donors (Lipinski definition) is 0. The van der Waals surface area contributed by atoms with Gasteiger partial charge in [0.25, 0.3) is 5.91 Å². The molecule has 0 bridgehead atoms. The van der Waals surface area contributed by atoms with Crippen molar-refractivity contribution in [2.75, 3.05) is 9.96 Å². The fraction of sp³-hybridized carbons (Fsp3) is 0.130. The topological polar surface area (TPSA) is 49.9 Å². The van der Waals surface area contributed by atoms with Gasteiger partial charge in [-0.25, -0.2) is 14.4 Å². The molecule has 5 nitrogen and oxygen atoms in total. The van der Waals surface area contributed by atoms with Crippen LogP contribution < -0.4 is 9.96 Å². The number of imide groups is 1. The molecule has 0 N–H and O–H groups in total. The minimum absolute atomic E-state index is 0.345. The Kier molecular flexibility index (Phi) is 4.53. The molecule has 0 radical (unpaired) electrons. The van der Waals surface area contributed by atoms with E-state index in [4.69, 9.17) is 16.4 Å². The zero-order chi connectivity index (χ0) is 20.8. The standard InChI is InChI=1S/C23H16ClFN2O3/c24-15-8-12-18(13-9-15)27-20(14-6-10-16(25)11-7-14)19-21(30-27)23(29)26(22(19)28)17-4-2-1-3-5-17/h1-13,19-21H/t19-,20+,21+/m1/s1. The molecule has 0 aromatic heterocycles. The first kappa shape index (κ1) is 18.8. The lowest BCUT2D eigenvalue weighted by molar-refractivity contribution is -0.126. The molecule has 7 heteroatoms. The maximum atomic E-state index is 13.5. The van der Waals surface area contributed by atoms with Gasteiger partial charge < -0.3 is 0 Å². The van der Waals surface area contributed by atoms with Gasteiger partial charge in [-0.15, -0.1) is 0 Å². The van der Waals surface area contributed by atoms with Gasteiger partial charge in [-0.05, 0) is 54.1 Å². The highest BCUT2D eigenvalue weighted by Crippen LogP contribution is 2.47. The summed E-state index contributed by atoms with van der Waals surface area (Å²) >= 11 is 6.00. The van der Waals surface area contributed by atoms with Crippen LogP contribution >= 0.6 is 11.6 Å². The Hall–Kier alpha value is -3.22. The molecule has 2 heterocycles. The van der Waals surface area contributed by atoms with Crippen molar-refractivity contribution in [1.82, 2.24) is 0 Å². The molecule has 150 valence electrons. The summed E-state index contributed by atoms with van der Waals surface area (Å²) in [6.07, 6.45) is -0.969. The van der Waals surface area contributed by atoms with E-state index >= 15 is 0 Å². The van der Waals surface area contributed by atoms with Crippen LogP contribution in [0.5, 0.6) is 0 Å². The van der Waals surface area contributed by atoms with Crippen molar-refractivity contribution in [1.29, 1.82) is 0 Å². The van der Waals surface area contributed by atoms with Gasteiger partial charge >= 0.3 is 0 Å². The van der Waals surface area contributed by atoms with E-state index in [0.29, 0.717) is 22.0 Å². The zero-order valence-corrected chi connectivity index (χ0v) is 16.4. The van der Waals surface area contributed by atoms with Crippen molar-refractivity contribution in [3.63, 3.8) is 0 Å². The van der Waals surface area contributed by atoms with Crippen LogP contribution in [0.1, 0.15) is 11.6 Å². The Balaban J connectivity index is 1.59. The second kappa shape index (κ2) is 7.23. The van der Waals surface area contributed by atoms with Crippen molar-refractivity contribution in [3.05, 3.63) is 95.3 Å². The lowest BCUT2D eigenvalue weighted by Gasteiger charge is -2.28. The zero-order valence-electron chi connectivity index (χ0n) is 15.6. The number of amides is 2. The molecule has 0 spiro atoms. The monoisotopic (exact) mass is 422 g/mol. The van der Waals surface area contributed by atoms with Crippen molar-refractivity contribution in [2.45, 2.75) is 12.1 Å². The third-order valence-corrected chi connectivity index (χ3v) is 5.67. The van der Waals surface area contributed by atoms with E-state index in [1.807, 2.05) is 6.07 Å². The largest absolute Gasteiger partial charge is 0.273 e.